The number of allylic oxidation sites excluding steroid dienone is 1. The molecule has 0 aliphatic heterocycles. The van der Waals surface area contributed by atoms with Crippen LogP contribution in [0.25, 0.3) is 0 Å². The van der Waals surface area contributed by atoms with E-state index in [2.05, 4.69) is 0 Å². The summed E-state index contributed by atoms with van der Waals surface area (Å²) in [6, 6.07) is 0. The summed E-state index contributed by atoms with van der Waals surface area (Å²) in [4.78, 5) is 21.0. The average Bonchev–Trinajstić information content (AvgIpc) is 1.82. The van der Waals surface area contributed by atoms with Gasteiger partial charge in [0.2, 0.25) is 0 Å². The van der Waals surface area contributed by atoms with E-state index in [0.717, 1.165) is 0 Å². The van der Waals surface area contributed by atoms with Crippen LogP contribution >= 0.6 is 0 Å². The molecule has 0 aliphatic carbocycles. The molecule has 0 saturated heterocycles. The lowest BCUT2D eigenvalue weighted by atomic mass is 10.2. The second kappa shape index (κ2) is 4.88. The van der Waals surface area contributed by atoms with Gasteiger partial charge >= 0.3 is 0 Å². The summed E-state index contributed by atoms with van der Waals surface area (Å²) in [6.45, 7) is 1.72. The van der Waals surface area contributed by atoms with Crippen molar-refractivity contribution < 1.29 is 9.59 Å². The predicted molar refractivity (Wildman–Crippen MR) is 38.5 cm³/mol. The Bertz CT molecular complexity index is 161. The minimum absolute atomic E-state index is 0.0174. The molecule has 0 aromatic heterocycles. The van der Waals surface area contributed by atoms with Crippen molar-refractivity contribution in [1.82, 2.24) is 0 Å². The smallest absolute Gasteiger partial charge is 0.162 e. The van der Waals surface area contributed by atoms with Crippen molar-refractivity contribution in [2.24, 2.45) is 5.73 Å². The Morgan fingerprint density at radius 3 is 2.50 bits per heavy atom. The van der Waals surface area contributed by atoms with Crippen molar-refractivity contribution in [1.29, 1.82) is 0 Å². The highest BCUT2D eigenvalue weighted by Gasteiger charge is 1.98. The Balaban J connectivity index is 3.64. The molecule has 0 spiro atoms. The standard InChI is InChI=1S/C7H11NO2/c1-6(9)5-7(10)3-2-4-8/h2-3H,4-5,8H2,1H3. The molecule has 0 aromatic rings. The van der Waals surface area contributed by atoms with Crippen molar-refractivity contribution in [2.75, 3.05) is 6.54 Å². The van der Waals surface area contributed by atoms with Crippen LogP contribution in [0.2, 0.25) is 0 Å². The van der Waals surface area contributed by atoms with Crippen LogP contribution in [-0.2, 0) is 9.59 Å². The van der Waals surface area contributed by atoms with E-state index < -0.39 is 0 Å². The fourth-order valence-corrected chi connectivity index (χ4v) is 0.504. The third-order valence-electron chi connectivity index (χ3n) is 0.863. The molecule has 10 heavy (non-hydrogen) atoms. The van der Waals surface area contributed by atoms with Gasteiger partial charge in [-0.15, -0.1) is 0 Å². The Morgan fingerprint density at radius 1 is 1.50 bits per heavy atom. The fraction of sp³-hybridized carbons (Fsp3) is 0.429. The Morgan fingerprint density at radius 2 is 2.10 bits per heavy atom. The van der Waals surface area contributed by atoms with Crippen LogP contribution < -0.4 is 5.73 Å². The highest BCUT2D eigenvalue weighted by Crippen LogP contribution is 1.85. The van der Waals surface area contributed by atoms with Crippen LogP contribution in [0.1, 0.15) is 13.3 Å². The summed E-state index contributed by atoms with van der Waals surface area (Å²) in [5.41, 5.74) is 5.08. The summed E-state index contributed by atoms with van der Waals surface area (Å²) < 4.78 is 0. The van der Waals surface area contributed by atoms with Crippen LogP contribution in [0.15, 0.2) is 12.2 Å². The van der Waals surface area contributed by atoms with Gasteiger partial charge in [-0.2, -0.15) is 0 Å². The van der Waals surface area contributed by atoms with E-state index in [1.165, 1.54) is 19.1 Å². The predicted octanol–water partition coefficient (Wildman–Crippen LogP) is 0.0495. The molecule has 3 nitrogen and oxygen atoms in total. The molecule has 56 valence electrons. The lowest BCUT2D eigenvalue weighted by Crippen LogP contribution is -2.01. The maximum atomic E-state index is 10.6. The minimum atomic E-state index is -0.182. The van der Waals surface area contributed by atoms with E-state index in [1.807, 2.05) is 0 Å². The summed E-state index contributed by atoms with van der Waals surface area (Å²) in [6.07, 6.45) is 2.85. The zero-order chi connectivity index (χ0) is 7.98. The average molecular weight is 141 g/mol. The molecular formula is C7H11NO2. The summed E-state index contributed by atoms with van der Waals surface area (Å²) >= 11 is 0. The highest BCUT2D eigenvalue weighted by molar-refractivity contribution is 6.03. The second-order valence-corrected chi connectivity index (χ2v) is 1.98. The van der Waals surface area contributed by atoms with Crippen molar-refractivity contribution >= 4 is 11.6 Å². The van der Waals surface area contributed by atoms with E-state index in [0.29, 0.717) is 6.54 Å². The van der Waals surface area contributed by atoms with Crippen molar-refractivity contribution in [2.45, 2.75) is 13.3 Å². The van der Waals surface area contributed by atoms with E-state index >= 15 is 0 Å². The monoisotopic (exact) mass is 141 g/mol. The van der Waals surface area contributed by atoms with Gasteiger partial charge in [0.1, 0.15) is 5.78 Å². The third kappa shape index (κ3) is 5.18. The quantitative estimate of drug-likeness (QED) is 0.444. The van der Waals surface area contributed by atoms with Gasteiger partial charge in [-0.3, -0.25) is 9.59 Å². The molecule has 0 heterocycles. The fourth-order valence-electron chi connectivity index (χ4n) is 0.504. The first kappa shape index (κ1) is 9.04. The number of rotatable bonds is 4. The van der Waals surface area contributed by atoms with Gasteiger partial charge in [0.15, 0.2) is 5.78 Å². The van der Waals surface area contributed by atoms with E-state index in [9.17, 15) is 9.59 Å². The van der Waals surface area contributed by atoms with Gasteiger partial charge in [0, 0.05) is 6.54 Å². The Labute approximate surface area is 59.9 Å². The number of carbonyl (C=O) groups is 2. The molecule has 0 aliphatic rings. The third-order valence-corrected chi connectivity index (χ3v) is 0.863. The van der Waals surface area contributed by atoms with E-state index in [4.69, 9.17) is 5.73 Å². The topological polar surface area (TPSA) is 60.2 Å². The number of nitrogens with two attached hydrogens (primary N) is 1. The zero-order valence-electron chi connectivity index (χ0n) is 5.96. The molecular weight excluding hydrogens is 130 g/mol. The molecule has 0 atom stereocenters. The van der Waals surface area contributed by atoms with Gasteiger partial charge < -0.3 is 5.73 Å². The van der Waals surface area contributed by atoms with Gasteiger partial charge in [0.05, 0.1) is 6.42 Å². The van der Waals surface area contributed by atoms with E-state index in [1.54, 1.807) is 0 Å². The first-order valence-corrected chi connectivity index (χ1v) is 3.05. The molecule has 0 fully saturated rings. The van der Waals surface area contributed by atoms with Crippen molar-refractivity contribution in [3.63, 3.8) is 0 Å². The molecule has 0 unspecified atom stereocenters. The Hall–Kier alpha value is -0.960. The molecule has 0 saturated carbocycles. The summed E-state index contributed by atoms with van der Waals surface area (Å²) in [5.74, 6) is -0.301. The van der Waals surface area contributed by atoms with Crippen molar-refractivity contribution in [3.05, 3.63) is 12.2 Å². The van der Waals surface area contributed by atoms with Gasteiger partial charge in [-0.25, -0.2) is 0 Å². The second-order valence-electron chi connectivity index (χ2n) is 1.98. The molecule has 0 rings (SSSR count). The van der Waals surface area contributed by atoms with Crippen LogP contribution in [0, 0.1) is 0 Å². The number of hydrogen-bond donors (Lipinski definition) is 1. The van der Waals surface area contributed by atoms with Crippen LogP contribution in [0.3, 0.4) is 0 Å². The maximum Gasteiger partial charge on any atom is 0.162 e. The maximum absolute atomic E-state index is 10.6. The highest BCUT2D eigenvalue weighted by atomic mass is 16.1. The zero-order valence-corrected chi connectivity index (χ0v) is 5.96. The number of carbonyl (C=O) groups excluding carboxylic acids is 2. The van der Waals surface area contributed by atoms with Crippen LogP contribution in [0.5, 0.6) is 0 Å². The minimum Gasteiger partial charge on any atom is -0.327 e. The SMILES string of the molecule is CC(=O)CC(=O)C=CCN. The normalized spacial score (nSPS) is 10.2. The molecule has 0 bridgehead atoms. The van der Waals surface area contributed by atoms with Crippen molar-refractivity contribution in [3.8, 4) is 0 Å². The van der Waals surface area contributed by atoms with Gasteiger partial charge in [0.25, 0.3) is 0 Å². The summed E-state index contributed by atoms with van der Waals surface area (Å²) in [5, 5.41) is 0. The lowest BCUT2D eigenvalue weighted by Gasteiger charge is -1.86. The largest absolute Gasteiger partial charge is 0.327 e. The molecule has 0 radical (unpaired) electrons. The molecule has 2 N–H and O–H groups in total. The summed E-state index contributed by atoms with van der Waals surface area (Å²) in [7, 11) is 0. The lowest BCUT2D eigenvalue weighted by molar-refractivity contribution is -0.123. The Kier molecular flexibility index (Phi) is 4.41. The molecule has 3 heteroatoms. The first-order chi connectivity index (χ1) is 4.66. The number of hydrogen-bond acceptors (Lipinski definition) is 3. The van der Waals surface area contributed by atoms with Crippen LogP contribution in [0.4, 0.5) is 0 Å². The molecule has 0 aromatic carbocycles. The van der Waals surface area contributed by atoms with Gasteiger partial charge in [-0.1, -0.05) is 6.08 Å². The molecule has 0 amide bonds. The number of ketones is 2. The first-order valence-electron chi connectivity index (χ1n) is 3.05. The van der Waals surface area contributed by atoms with Crippen LogP contribution in [-0.4, -0.2) is 18.1 Å². The number of Topliss-reactive ketones (excluding diaryl/α,β-unsaturated/α-hetero) is 1. The van der Waals surface area contributed by atoms with E-state index in [-0.39, 0.29) is 18.0 Å². The van der Waals surface area contributed by atoms with Gasteiger partial charge in [-0.05, 0) is 13.0 Å².